The van der Waals surface area contributed by atoms with Crippen LogP contribution in [0.15, 0.2) is 12.7 Å². The minimum absolute atomic E-state index is 0.138. The maximum atomic E-state index is 11.5. The Morgan fingerprint density at radius 1 is 1.21 bits per heavy atom. The molecule has 0 aromatic rings. The summed E-state index contributed by atoms with van der Waals surface area (Å²) < 4.78 is 0. The molecule has 3 fully saturated rings. The van der Waals surface area contributed by atoms with E-state index in [9.17, 15) is 4.79 Å². The topological polar surface area (TPSA) is 20.3 Å². The van der Waals surface area contributed by atoms with E-state index in [0.29, 0.717) is 0 Å². The molecular weight excluding hydrogens is 174 g/mol. The van der Waals surface area contributed by atoms with E-state index in [4.69, 9.17) is 0 Å². The molecule has 2 bridgehead atoms. The van der Waals surface area contributed by atoms with Crippen molar-refractivity contribution in [1.29, 1.82) is 0 Å². The van der Waals surface area contributed by atoms with Crippen LogP contribution in [0.25, 0.3) is 0 Å². The Morgan fingerprint density at radius 2 is 1.79 bits per heavy atom. The standard InChI is InChI=1S/C12H17NO/c1-2-12(14)13-6-10-8-3-4-9(5-8)11(10)7-13/h2,8-11H,1,3-7H2. The summed E-state index contributed by atoms with van der Waals surface area (Å²) in [7, 11) is 0. The van der Waals surface area contributed by atoms with Gasteiger partial charge in [-0.1, -0.05) is 6.58 Å². The van der Waals surface area contributed by atoms with E-state index in [1.807, 2.05) is 4.90 Å². The van der Waals surface area contributed by atoms with Gasteiger partial charge in [0.15, 0.2) is 0 Å². The molecule has 1 saturated heterocycles. The summed E-state index contributed by atoms with van der Waals surface area (Å²) in [5.41, 5.74) is 0. The summed E-state index contributed by atoms with van der Waals surface area (Å²) in [5.74, 6) is 3.68. The van der Waals surface area contributed by atoms with Crippen LogP contribution in [-0.2, 0) is 4.79 Å². The minimum Gasteiger partial charge on any atom is -0.339 e. The van der Waals surface area contributed by atoms with Gasteiger partial charge in [-0.25, -0.2) is 0 Å². The van der Waals surface area contributed by atoms with Crippen LogP contribution >= 0.6 is 0 Å². The molecular formula is C12H17NO. The van der Waals surface area contributed by atoms with E-state index < -0.39 is 0 Å². The van der Waals surface area contributed by atoms with E-state index in [1.54, 1.807) is 0 Å². The number of carbonyl (C=O) groups is 1. The highest BCUT2D eigenvalue weighted by Crippen LogP contribution is 2.55. The molecule has 0 aromatic carbocycles. The minimum atomic E-state index is 0.138. The molecule has 14 heavy (non-hydrogen) atoms. The molecule has 2 aliphatic carbocycles. The Kier molecular flexibility index (Phi) is 1.73. The number of rotatable bonds is 1. The molecule has 0 radical (unpaired) electrons. The number of fused-ring (bicyclic) bond motifs is 5. The third-order valence-corrected chi connectivity index (χ3v) is 4.62. The van der Waals surface area contributed by atoms with Gasteiger partial charge in [-0.15, -0.1) is 0 Å². The molecule has 0 spiro atoms. The van der Waals surface area contributed by atoms with Gasteiger partial charge in [-0.05, 0) is 49.0 Å². The molecule has 2 saturated carbocycles. The zero-order valence-electron chi connectivity index (χ0n) is 8.48. The van der Waals surface area contributed by atoms with Crippen LogP contribution in [-0.4, -0.2) is 23.9 Å². The number of hydrogen-bond acceptors (Lipinski definition) is 1. The molecule has 1 aliphatic heterocycles. The zero-order chi connectivity index (χ0) is 9.71. The van der Waals surface area contributed by atoms with Crippen molar-refractivity contribution in [2.75, 3.05) is 13.1 Å². The highest BCUT2D eigenvalue weighted by atomic mass is 16.2. The van der Waals surface area contributed by atoms with Crippen LogP contribution in [0.3, 0.4) is 0 Å². The summed E-state index contributed by atoms with van der Waals surface area (Å²) in [4.78, 5) is 13.5. The fraction of sp³-hybridized carbons (Fsp3) is 0.750. The van der Waals surface area contributed by atoms with Crippen LogP contribution in [0.4, 0.5) is 0 Å². The first-order chi connectivity index (χ1) is 6.79. The highest BCUT2D eigenvalue weighted by molar-refractivity contribution is 5.87. The lowest BCUT2D eigenvalue weighted by Crippen LogP contribution is -2.28. The average Bonchev–Trinajstić information content (AvgIpc) is 2.87. The van der Waals surface area contributed by atoms with Gasteiger partial charge < -0.3 is 4.90 Å². The maximum Gasteiger partial charge on any atom is 0.245 e. The SMILES string of the molecule is C=CC(=O)N1CC2C3CCC(C3)C2C1. The van der Waals surface area contributed by atoms with Crippen molar-refractivity contribution in [1.82, 2.24) is 4.90 Å². The monoisotopic (exact) mass is 191 g/mol. The summed E-state index contributed by atoms with van der Waals surface area (Å²) >= 11 is 0. The summed E-state index contributed by atoms with van der Waals surface area (Å²) in [5, 5.41) is 0. The van der Waals surface area contributed by atoms with Crippen LogP contribution in [0.5, 0.6) is 0 Å². The van der Waals surface area contributed by atoms with Crippen molar-refractivity contribution >= 4 is 5.91 Å². The van der Waals surface area contributed by atoms with Crippen molar-refractivity contribution in [3.8, 4) is 0 Å². The van der Waals surface area contributed by atoms with E-state index in [2.05, 4.69) is 6.58 Å². The van der Waals surface area contributed by atoms with Crippen molar-refractivity contribution in [3.63, 3.8) is 0 Å². The normalized spacial score (nSPS) is 44.1. The Balaban J connectivity index is 1.76. The molecule has 2 nitrogen and oxygen atoms in total. The molecule has 3 aliphatic rings. The van der Waals surface area contributed by atoms with E-state index in [0.717, 1.165) is 36.8 Å². The number of likely N-dealkylation sites (tertiary alicyclic amines) is 1. The molecule has 1 amide bonds. The predicted octanol–water partition coefficient (Wildman–Crippen LogP) is 1.68. The van der Waals surface area contributed by atoms with E-state index in [1.165, 1.54) is 25.3 Å². The van der Waals surface area contributed by atoms with Gasteiger partial charge in [0.25, 0.3) is 0 Å². The van der Waals surface area contributed by atoms with Gasteiger partial charge in [0.1, 0.15) is 0 Å². The van der Waals surface area contributed by atoms with Gasteiger partial charge in [0, 0.05) is 13.1 Å². The first-order valence-corrected chi connectivity index (χ1v) is 5.71. The summed E-state index contributed by atoms with van der Waals surface area (Å²) in [6.07, 6.45) is 5.75. The zero-order valence-corrected chi connectivity index (χ0v) is 8.48. The van der Waals surface area contributed by atoms with Gasteiger partial charge in [0.2, 0.25) is 5.91 Å². The quantitative estimate of drug-likeness (QED) is 0.577. The fourth-order valence-electron chi connectivity index (χ4n) is 3.99. The molecule has 4 unspecified atom stereocenters. The second-order valence-corrected chi connectivity index (χ2v) is 5.11. The molecule has 0 N–H and O–H groups in total. The maximum absolute atomic E-state index is 11.5. The summed E-state index contributed by atoms with van der Waals surface area (Å²) in [6, 6.07) is 0. The van der Waals surface area contributed by atoms with Crippen LogP contribution < -0.4 is 0 Å². The molecule has 1 heterocycles. The lowest BCUT2D eigenvalue weighted by Gasteiger charge is -2.22. The lowest BCUT2D eigenvalue weighted by molar-refractivity contribution is -0.125. The third-order valence-electron chi connectivity index (χ3n) is 4.62. The molecule has 2 heteroatoms. The molecule has 0 aromatic heterocycles. The molecule has 76 valence electrons. The van der Waals surface area contributed by atoms with Gasteiger partial charge in [-0.3, -0.25) is 4.79 Å². The van der Waals surface area contributed by atoms with Crippen molar-refractivity contribution in [2.24, 2.45) is 23.7 Å². The van der Waals surface area contributed by atoms with E-state index >= 15 is 0 Å². The largest absolute Gasteiger partial charge is 0.339 e. The van der Waals surface area contributed by atoms with Crippen LogP contribution in [0, 0.1) is 23.7 Å². The Morgan fingerprint density at radius 3 is 2.29 bits per heavy atom. The Hall–Kier alpha value is -0.790. The average molecular weight is 191 g/mol. The number of carbonyl (C=O) groups excluding carboxylic acids is 1. The first kappa shape index (κ1) is 8.51. The Labute approximate surface area is 85.0 Å². The van der Waals surface area contributed by atoms with E-state index in [-0.39, 0.29) is 5.91 Å². The summed E-state index contributed by atoms with van der Waals surface area (Å²) in [6.45, 7) is 5.58. The van der Waals surface area contributed by atoms with Crippen molar-refractivity contribution in [2.45, 2.75) is 19.3 Å². The Bertz CT molecular complexity index is 268. The van der Waals surface area contributed by atoms with Crippen LogP contribution in [0.2, 0.25) is 0 Å². The van der Waals surface area contributed by atoms with Gasteiger partial charge in [-0.2, -0.15) is 0 Å². The van der Waals surface area contributed by atoms with Gasteiger partial charge in [0.05, 0.1) is 0 Å². The lowest BCUT2D eigenvalue weighted by atomic mass is 9.82. The van der Waals surface area contributed by atoms with Gasteiger partial charge >= 0.3 is 0 Å². The number of nitrogens with zero attached hydrogens (tertiary/aromatic N) is 1. The molecule has 4 atom stereocenters. The predicted molar refractivity (Wildman–Crippen MR) is 54.6 cm³/mol. The number of amides is 1. The molecule has 3 rings (SSSR count). The van der Waals surface area contributed by atoms with Crippen LogP contribution in [0.1, 0.15) is 19.3 Å². The third kappa shape index (κ3) is 0.999. The smallest absolute Gasteiger partial charge is 0.245 e. The second kappa shape index (κ2) is 2.85. The van der Waals surface area contributed by atoms with Crippen molar-refractivity contribution < 1.29 is 4.79 Å². The second-order valence-electron chi connectivity index (χ2n) is 5.11. The fourth-order valence-corrected chi connectivity index (χ4v) is 3.99. The number of hydrogen-bond donors (Lipinski definition) is 0. The first-order valence-electron chi connectivity index (χ1n) is 5.71. The van der Waals surface area contributed by atoms with Crippen molar-refractivity contribution in [3.05, 3.63) is 12.7 Å². The highest BCUT2D eigenvalue weighted by Gasteiger charge is 2.51.